The van der Waals surface area contributed by atoms with Crippen LogP contribution in [0.25, 0.3) is 0 Å². The molecule has 1 heterocycles. The molecule has 0 amide bonds. The lowest BCUT2D eigenvalue weighted by Gasteiger charge is -2.31. The summed E-state index contributed by atoms with van der Waals surface area (Å²) in [6.07, 6.45) is 1.23. The highest BCUT2D eigenvalue weighted by Gasteiger charge is 2.21. The van der Waals surface area contributed by atoms with Crippen molar-refractivity contribution in [2.75, 3.05) is 31.6 Å². The summed E-state index contributed by atoms with van der Waals surface area (Å²) < 4.78 is 1.21. The minimum absolute atomic E-state index is 0.518. The van der Waals surface area contributed by atoms with Crippen molar-refractivity contribution in [1.82, 2.24) is 10.2 Å². The van der Waals surface area contributed by atoms with Crippen molar-refractivity contribution in [2.45, 2.75) is 45.8 Å². The monoisotopic (exact) mass is 353 g/mol. The molecule has 1 fully saturated rings. The second kappa shape index (κ2) is 7.61. The van der Waals surface area contributed by atoms with E-state index in [-0.39, 0.29) is 0 Å². The summed E-state index contributed by atoms with van der Waals surface area (Å²) >= 11 is 3.77. The van der Waals surface area contributed by atoms with Gasteiger partial charge in [0.05, 0.1) is 5.69 Å². The van der Waals surface area contributed by atoms with Crippen LogP contribution in [0.2, 0.25) is 0 Å². The Kier molecular flexibility index (Phi) is 6.08. The number of halogens is 1. The smallest absolute Gasteiger partial charge is 0.0513 e. The zero-order valence-corrected chi connectivity index (χ0v) is 15.3. The highest BCUT2D eigenvalue weighted by Crippen LogP contribution is 2.30. The van der Waals surface area contributed by atoms with Crippen LogP contribution in [0.1, 0.15) is 32.8 Å². The van der Waals surface area contributed by atoms with Gasteiger partial charge in [0.2, 0.25) is 0 Å². The Hall–Kier alpha value is -0.580. The zero-order chi connectivity index (χ0) is 15.4. The number of nitrogens with one attached hydrogen (secondary N) is 1. The Balaban J connectivity index is 2.12. The molecule has 0 aromatic heterocycles. The summed E-state index contributed by atoms with van der Waals surface area (Å²) in [6, 6.07) is 7.84. The molecule has 0 saturated carbocycles. The summed E-state index contributed by atoms with van der Waals surface area (Å²) in [4.78, 5) is 4.97. The van der Waals surface area contributed by atoms with E-state index in [1.54, 1.807) is 0 Å². The average Bonchev–Trinajstić information content (AvgIpc) is 2.57. The van der Waals surface area contributed by atoms with Gasteiger partial charge in [-0.05, 0) is 60.6 Å². The van der Waals surface area contributed by atoms with E-state index in [9.17, 15) is 0 Å². The molecule has 1 N–H and O–H groups in total. The fraction of sp³-hybridized carbons (Fsp3) is 0.647. The normalized spacial score (nSPS) is 20.9. The quantitative estimate of drug-likeness (QED) is 0.893. The van der Waals surface area contributed by atoms with Crippen LogP contribution in [-0.4, -0.2) is 43.7 Å². The van der Waals surface area contributed by atoms with E-state index < -0.39 is 0 Å². The third-order valence-corrected chi connectivity index (χ3v) is 4.72. The lowest BCUT2D eigenvalue weighted by atomic mass is 10.1. The minimum Gasteiger partial charge on any atom is -0.367 e. The summed E-state index contributed by atoms with van der Waals surface area (Å²) in [5.74, 6) is 0. The fourth-order valence-electron chi connectivity index (χ4n) is 2.95. The van der Waals surface area contributed by atoms with Crippen LogP contribution in [0, 0.1) is 0 Å². The molecule has 1 aliphatic heterocycles. The topological polar surface area (TPSA) is 18.5 Å². The van der Waals surface area contributed by atoms with Crippen LogP contribution in [0.4, 0.5) is 5.69 Å². The molecular weight excluding hydrogens is 326 g/mol. The molecule has 4 heteroatoms. The van der Waals surface area contributed by atoms with E-state index in [4.69, 9.17) is 0 Å². The van der Waals surface area contributed by atoms with E-state index in [1.807, 2.05) is 0 Å². The molecular formula is C17H28BrN3. The first-order valence-electron chi connectivity index (χ1n) is 7.94. The molecule has 1 aromatic rings. The van der Waals surface area contributed by atoms with E-state index in [1.165, 1.54) is 28.7 Å². The predicted octanol–water partition coefficient (Wildman–Crippen LogP) is 3.48. The van der Waals surface area contributed by atoms with Gasteiger partial charge in [-0.15, -0.1) is 0 Å². The zero-order valence-electron chi connectivity index (χ0n) is 13.7. The van der Waals surface area contributed by atoms with Gasteiger partial charge in [0.25, 0.3) is 0 Å². The lowest BCUT2D eigenvalue weighted by Crippen LogP contribution is -2.38. The molecule has 0 spiro atoms. The highest BCUT2D eigenvalue weighted by molar-refractivity contribution is 9.10. The van der Waals surface area contributed by atoms with E-state index >= 15 is 0 Å². The molecule has 1 aliphatic rings. The third kappa shape index (κ3) is 4.70. The van der Waals surface area contributed by atoms with Crippen molar-refractivity contribution < 1.29 is 0 Å². The van der Waals surface area contributed by atoms with Crippen molar-refractivity contribution in [3.8, 4) is 0 Å². The maximum absolute atomic E-state index is 3.77. The lowest BCUT2D eigenvalue weighted by molar-refractivity contribution is 0.337. The van der Waals surface area contributed by atoms with Crippen LogP contribution < -0.4 is 10.2 Å². The third-order valence-electron chi connectivity index (χ3n) is 4.08. The first-order chi connectivity index (χ1) is 9.97. The molecule has 0 bridgehead atoms. The fourth-order valence-corrected chi connectivity index (χ4v) is 3.60. The van der Waals surface area contributed by atoms with Gasteiger partial charge in [0.15, 0.2) is 0 Å². The van der Waals surface area contributed by atoms with E-state index in [0.717, 1.165) is 19.6 Å². The van der Waals surface area contributed by atoms with Gasteiger partial charge in [-0.25, -0.2) is 0 Å². The molecule has 1 aromatic carbocycles. The van der Waals surface area contributed by atoms with Gasteiger partial charge < -0.3 is 15.1 Å². The van der Waals surface area contributed by atoms with Crippen molar-refractivity contribution in [3.63, 3.8) is 0 Å². The maximum atomic E-state index is 3.77. The molecule has 3 nitrogen and oxygen atoms in total. The standard InChI is InChI=1S/C17H28BrN3/c1-13(2)19-11-15-6-7-17(16(18)10-15)21-9-5-8-20(4)12-14(21)3/h6-7,10,13-14,19H,5,8-9,11-12H2,1-4H3. The number of benzene rings is 1. The van der Waals surface area contributed by atoms with Gasteiger partial charge >= 0.3 is 0 Å². The van der Waals surface area contributed by atoms with Crippen molar-refractivity contribution in [2.24, 2.45) is 0 Å². The molecule has 0 radical (unpaired) electrons. The second-order valence-electron chi connectivity index (χ2n) is 6.48. The molecule has 0 aliphatic carbocycles. The Labute approximate surface area is 137 Å². The van der Waals surface area contributed by atoms with E-state index in [0.29, 0.717) is 12.1 Å². The maximum Gasteiger partial charge on any atom is 0.0513 e. The second-order valence-corrected chi connectivity index (χ2v) is 7.33. The van der Waals surface area contributed by atoms with Crippen LogP contribution >= 0.6 is 15.9 Å². The average molecular weight is 354 g/mol. The Morgan fingerprint density at radius 1 is 1.33 bits per heavy atom. The summed E-state index contributed by atoms with van der Waals surface area (Å²) in [5, 5.41) is 3.47. The first-order valence-corrected chi connectivity index (χ1v) is 8.73. The number of anilines is 1. The van der Waals surface area contributed by atoms with Gasteiger partial charge in [0.1, 0.15) is 0 Å². The Bertz CT molecular complexity index is 461. The Morgan fingerprint density at radius 3 is 2.76 bits per heavy atom. The van der Waals surface area contributed by atoms with Crippen molar-refractivity contribution in [3.05, 3.63) is 28.2 Å². The molecule has 1 atom stereocenters. The predicted molar refractivity (Wildman–Crippen MR) is 95.0 cm³/mol. The summed E-state index contributed by atoms with van der Waals surface area (Å²) in [6.45, 7) is 11.1. The van der Waals surface area contributed by atoms with Crippen molar-refractivity contribution in [1.29, 1.82) is 0 Å². The summed E-state index contributed by atoms with van der Waals surface area (Å²) in [5.41, 5.74) is 2.66. The number of nitrogens with zero attached hydrogens (tertiary/aromatic N) is 2. The minimum atomic E-state index is 0.518. The molecule has 118 valence electrons. The van der Waals surface area contributed by atoms with E-state index in [2.05, 4.69) is 77.1 Å². The van der Waals surface area contributed by atoms with Crippen molar-refractivity contribution >= 4 is 21.6 Å². The molecule has 1 unspecified atom stereocenters. The molecule has 21 heavy (non-hydrogen) atoms. The molecule has 2 rings (SSSR count). The first kappa shape index (κ1) is 16.8. The van der Waals surface area contributed by atoms with Gasteiger partial charge in [0, 0.05) is 36.2 Å². The highest BCUT2D eigenvalue weighted by atomic mass is 79.9. The molecule has 1 saturated heterocycles. The Morgan fingerprint density at radius 2 is 2.10 bits per heavy atom. The SMILES string of the molecule is CC(C)NCc1ccc(N2CCCN(C)CC2C)c(Br)c1. The summed E-state index contributed by atoms with van der Waals surface area (Å²) in [7, 11) is 2.22. The van der Waals surface area contributed by atoms with Crippen LogP contribution in [0.3, 0.4) is 0 Å². The number of likely N-dealkylation sites (N-methyl/N-ethyl adjacent to an activating group) is 1. The largest absolute Gasteiger partial charge is 0.367 e. The van der Waals surface area contributed by atoms with Crippen LogP contribution in [0.15, 0.2) is 22.7 Å². The number of hydrogen-bond acceptors (Lipinski definition) is 3. The van der Waals surface area contributed by atoms with Crippen LogP contribution in [-0.2, 0) is 6.54 Å². The van der Waals surface area contributed by atoms with Gasteiger partial charge in [-0.3, -0.25) is 0 Å². The van der Waals surface area contributed by atoms with Gasteiger partial charge in [-0.2, -0.15) is 0 Å². The van der Waals surface area contributed by atoms with Crippen LogP contribution in [0.5, 0.6) is 0 Å². The number of hydrogen-bond donors (Lipinski definition) is 1. The van der Waals surface area contributed by atoms with Gasteiger partial charge in [-0.1, -0.05) is 19.9 Å². The number of rotatable bonds is 4.